The molecule has 0 unspecified atom stereocenters. The number of hydrogen-bond donors (Lipinski definition) is 0. The van der Waals surface area contributed by atoms with Gasteiger partial charge in [-0.1, -0.05) is 11.6 Å². The lowest BCUT2D eigenvalue weighted by atomic mass is 9.92. The van der Waals surface area contributed by atoms with Gasteiger partial charge in [0.15, 0.2) is 0 Å². The summed E-state index contributed by atoms with van der Waals surface area (Å²) in [6.07, 6.45) is 3.64. The molecular weight excluding hydrogens is 430 g/mol. The third-order valence-electron chi connectivity index (χ3n) is 5.20. The number of halogens is 2. The van der Waals surface area contributed by atoms with E-state index in [1.54, 1.807) is 18.2 Å². The summed E-state index contributed by atoms with van der Waals surface area (Å²) in [6.45, 7) is 0.578. The molecular formula is C20H17BrClN3O2. The van der Waals surface area contributed by atoms with Crippen LogP contribution in [0, 0.1) is 11.3 Å². The van der Waals surface area contributed by atoms with Crippen molar-refractivity contribution < 1.29 is 9.53 Å². The number of hydrogen-bond acceptors (Lipinski definition) is 4. The normalized spacial score (nSPS) is 21.7. The molecule has 2 heterocycles. The van der Waals surface area contributed by atoms with E-state index in [-0.39, 0.29) is 18.1 Å². The number of rotatable bonds is 3. The van der Waals surface area contributed by atoms with Gasteiger partial charge in [0, 0.05) is 12.1 Å². The molecule has 1 amide bonds. The van der Waals surface area contributed by atoms with Gasteiger partial charge in [-0.2, -0.15) is 5.26 Å². The first-order valence-corrected chi connectivity index (χ1v) is 10.0. The van der Waals surface area contributed by atoms with Gasteiger partial charge in [0.1, 0.15) is 16.4 Å². The van der Waals surface area contributed by atoms with Gasteiger partial charge in [0.2, 0.25) is 0 Å². The van der Waals surface area contributed by atoms with Crippen molar-refractivity contribution in [3.63, 3.8) is 0 Å². The maximum Gasteiger partial charge on any atom is 0.256 e. The minimum Gasteiger partial charge on any atom is -0.490 e. The number of nitriles is 1. The van der Waals surface area contributed by atoms with E-state index in [1.807, 2.05) is 23.1 Å². The highest BCUT2D eigenvalue weighted by Gasteiger charge is 2.36. The lowest BCUT2D eigenvalue weighted by molar-refractivity contribution is 0.0560. The van der Waals surface area contributed by atoms with E-state index in [2.05, 4.69) is 20.9 Å². The lowest BCUT2D eigenvalue weighted by Gasteiger charge is -2.34. The summed E-state index contributed by atoms with van der Waals surface area (Å²) in [7, 11) is 0. The van der Waals surface area contributed by atoms with E-state index in [4.69, 9.17) is 21.6 Å². The Hall–Kier alpha value is -2.10. The van der Waals surface area contributed by atoms with E-state index in [9.17, 15) is 4.79 Å². The van der Waals surface area contributed by atoms with E-state index < -0.39 is 0 Å². The Kier molecular flexibility index (Phi) is 5.07. The molecule has 0 atom stereocenters. The summed E-state index contributed by atoms with van der Waals surface area (Å²) < 4.78 is 6.79. The molecule has 7 heteroatoms. The number of aromatic nitrogens is 1. The highest BCUT2D eigenvalue weighted by Crippen LogP contribution is 2.33. The van der Waals surface area contributed by atoms with Crippen LogP contribution < -0.4 is 4.74 Å². The number of amides is 1. The fourth-order valence-corrected chi connectivity index (χ4v) is 4.36. The monoisotopic (exact) mass is 445 g/mol. The SMILES string of the molecule is N#Cc1ccc(OC2CCC(N3Cc4nc(Br)ccc4C3=O)CC2)cc1Cl. The first-order chi connectivity index (χ1) is 13.0. The van der Waals surface area contributed by atoms with Crippen LogP contribution in [0.3, 0.4) is 0 Å². The number of benzene rings is 1. The van der Waals surface area contributed by atoms with Crippen molar-refractivity contribution in [3.8, 4) is 11.8 Å². The summed E-state index contributed by atoms with van der Waals surface area (Å²) in [5.74, 6) is 0.759. The standard InChI is InChI=1S/C20H17BrClN3O2/c21-19-8-7-16-18(24-19)11-25(20(16)26)13-2-5-14(6-3-13)27-15-4-1-12(10-23)17(22)9-15/h1,4,7-9,13-14H,2-3,5-6,11H2. The van der Waals surface area contributed by atoms with Gasteiger partial charge < -0.3 is 9.64 Å². The molecule has 1 fully saturated rings. The molecule has 0 radical (unpaired) electrons. The predicted molar refractivity (Wildman–Crippen MR) is 105 cm³/mol. The van der Waals surface area contributed by atoms with Crippen molar-refractivity contribution in [1.29, 1.82) is 5.26 Å². The van der Waals surface area contributed by atoms with E-state index in [1.165, 1.54) is 0 Å². The summed E-state index contributed by atoms with van der Waals surface area (Å²) >= 11 is 9.44. The second-order valence-corrected chi connectivity index (χ2v) is 8.08. The summed E-state index contributed by atoms with van der Waals surface area (Å²) in [6, 6.07) is 11.1. The number of ether oxygens (including phenoxy) is 1. The number of carbonyl (C=O) groups is 1. The van der Waals surface area contributed by atoms with Crippen molar-refractivity contribution in [2.24, 2.45) is 0 Å². The van der Waals surface area contributed by atoms with E-state index in [0.29, 0.717) is 28.4 Å². The second kappa shape index (κ2) is 7.49. The topological polar surface area (TPSA) is 66.2 Å². The molecule has 4 rings (SSSR count). The molecule has 1 saturated carbocycles. The molecule has 27 heavy (non-hydrogen) atoms. The average Bonchev–Trinajstić information content (AvgIpc) is 2.98. The molecule has 0 N–H and O–H groups in total. The molecule has 2 aliphatic rings. The van der Waals surface area contributed by atoms with Crippen LogP contribution in [-0.4, -0.2) is 27.9 Å². The average molecular weight is 447 g/mol. The number of fused-ring (bicyclic) bond motifs is 1. The second-order valence-electron chi connectivity index (χ2n) is 6.86. The highest BCUT2D eigenvalue weighted by atomic mass is 79.9. The molecule has 1 aromatic carbocycles. The Morgan fingerprint density at radius 2 is 2.00 bits per heavy atom. The first-order valence-electron chi connectivity index (χ1n) is 8.88. The molecule has 1 aliphatic heterocycles. The van der Waals surface area contributed by atoms with Crippen molar-refractivity contribution in [1.82, 2.24) is 9.88 Å². The van der Waals surface area contributed by atoms with Crippen LogP contribution in [0.25, 0.3) is 0 Å². The Bertz CT molecular complexity index is 935. The Balaban J connectivity index is 1.36. The summed E-state index contributed by atoms with van der Waals surface area (Å²) in [5.41, 5.74) is 2.00. The van der Waals surface area contributed by atoms with Crippen LogP contribution in [0.5, 0.6) is 5.75 Å². The first kappa shape index (κ1) is 18.3. The molecule has 5 nitrogen and oxygen atoms in total. The zero-order valence-corrected chi connectivity index (χ0v) is 16.8. The van der Waals surface area contributed by atoms with Crippen molar-refractivity contribution in [2.75, 3.05) is 0 Å². The minimum atomic E-state index is 0.0771. The van der Waals surface area contributed by atoms with Crippen molar-refractivity contribution >= 4 is 33.4 Å². The van der Waals surface area contributed by atoms with Crippen LogP contribution in [-0.2, 0) is 6.54 Å². The van der Waals surface area contributed by atoms with Crippen LogP contribution in [0.4, 0.5) is 0 Å². The molecule has 0 bridgehead atoms. The van der Waals surface area contributed by atoms with Crippen molar-refractivity contribution in [2.45, 2.75) is 44.4 Å². The van der Waals surface area contributed by atoms with Gasteiger partial charge in [-0.05, 0) is 65.9 Å². The Labute approximate surface area is 171 Å². The van der Waals surface area contributed by atoms with Gasteiger partial charge in [-0.15, -0.1) is 0 Å². The van der Waals surface area contributed by atoms with Gasteiger partial charge in [-0.3, -0.25) is 4.79 Å². The fourth-order valence-electron chi connectivity index (χ4n) is 3.80. The molecule has 1 aliphatic carbocycles. The zero-order chi connectivity index (χ0) is 19.0. The van der Waals surface area contributed by atoms with Gasteiger partial charge in [0.25, 0.3) is 5.91 Å². The summed E-state index contributed by atoms with van der Waals surface area (Å²) in [5, 5.41) is 9.36. The lowest BCUT2D eigenvalue weighted by Crippen LogP contribution is -2.40. The Morgan fingerprint density at radius 1 is 1.22 bits per heavy atom. The maximum absolute atomic E-state index is 12.7. The van der Waals surface area contributed by atoms with E-state index in [0.717, 1.165) is 36.0 Å². The van der Waals surface area contributed by atoms with Gasteiger partial charge in [-0.25, -0.2) is 4.98 Å². The summed E-state index contributed by atoms with van der Waals surface area (Å²) in [4.78, 5) is 19.1. The van der Waals surface area contributed by atoms with Crippen LogP contribution in [0.2, 0.25) is 5.02 Å². The molecule has 0 spiro atoms. The van der Waals surface area contributed by atoms with Crippen LogP contribution in [0.1, 0.15) is 47.3 Å². The third kappa shape index (κ3) is 3.67. The molecule has 1 aromatic heterocycles. The van der Waals surface area contributed by atoms with E-state index >= 15 is 0 Å². The van der Waals surface area contributed by atoms with Crippen molar-refractivity contribution in [3.05, 3.63) is 56.8 Å². The number of carbonyl (C=O) groups excluding carboxylic acids is 1. The van der Waals surface area contributed by atoms with Gasteiger partial charge in [0.05, 0.1) is 34.5 Å². The van der Waals surface area contributed by atoms with Crippen LogP contribution in [0.15, 0.2) is 34.9 Å². The fraction of sp³-hybridized carbons (Fsp3) is 0.350. The molecule has 138 valence electrons. The predicted octanol–water partition coefficient (Wildman–Crippen LogP) is 4.72. The number of pyridine rings is 1. The zero-order valence-electron chi connectivity index (χ0n) is 14.5. The van der Waals surface area contributed by atoms with Gasteiger partial charge >= 0.3 is 0 Å². The largest absolute Gasteiger partial charge is 0.490 e. The quantitative estimate of drug-likeness (QED) is 0.640. The minimum absolute atomic E-state index is 0.0771. The highest BCUT2D eigenvalue weighted by molar-refractivity contribution is 9.10. The third-order valence-corrected chi connectivity index (χ3v) is 5.95. The maximum atomic E-state index is 12.7. The number of nitrogens with zero attached hydrogens (tertiary/aromatic N) is 3. The molecule has 2 aromatic rings. The Morgan fingerprint density at radius 3 is 2.70 bits per heavy atom. The smallest absolute Gasteiger partial charge is 0.256 e. The molecule has 0 saturated heterocycles. The van der Waals surface area contributed by atoms with Crippen LogP contribution >= 0.6 is 27.5 Å².